The Morgan fingerprint density at radius 2 is 2.25 bits per heavy atom. The Hall–Kier alpha value is -2.41. The average molecular weight is 211 g/mol. The summed E-state index contributed by atoms with van der Waals surface area (Å²) < 4.78 is 0. The number of nitrogens with zero attached hydrogens (tertiary/aromatic N) is 2. The molecule has 0 fully saturated rings. The first-order valence-corrected chi connectivity index (χ1v) is 4.78. The fourth-order valence-electron chi connectivity index (χ4n) is 1.56. The van der Waals surface area contributed by atoms with Crippen LogP contribution in [0.5, 0.6) is 0 Å². The van der Waals surface area contributed by atoms with Crippen molar-refractivity contribution in [3.8, 4) is 6.07 Å². The van der Waals surface area contributed by atoms with Gasteiger partial charge in [0.1, 0.15) is 6.07 Å². The van der Waals surface area contributed by atoms with Gasteiger partial charge in [0, 0.05) is 18.5 Å². The van der Waals surface area contributed by atoms with Crippen LogP contribution in [0.3, 0.4) is 0 Å². The molecule has 1 aromatic heterocycles. The van der Waals surface area contributed by atoms with Crippen LogP contribution in [0, 0.1) is 11.3 Å². The van der Waals surface area contributed by atoms with Crippen LogP contribution in [0.25, 0.3) is 10.9 Å². The van der Waals surface area contributed by atoms with Crippen molar-refractivity contribution >= 4 is 22.5 Å². The number of carbonyl (C=O) groups is 1. The molecule has 0 aliphatic rings. The summed E-state index contributed by atoms with van der Waals surface area (Å²) in [6.45, 7) is 1.41. The average Bonchev–Trinajstić information content (AvgIpc) is 2.29. The fourth-order valence-corrected chi connectivity index (χ4v) is 1.56. The normalized spacial score (nSPS) is 9.75. The van der Waals surface area contributed by atoms with Gasteiger partial charge in [0.2, 0.25) is 5.91 Å². The molecule has 0 radical (unpaired) electrons. The minimum Gasteiger partial charge on any atom is -0.325 e. The van der Waals surface area contributed by atoms with Crippen LogP contribution in [0.1, 0.15) is 12.5 Å². The van der Waals surface area contributed by atoms with Gasteiger partial charge in [-0.15, -0.1) is 0 Å². The van der Waals surface area contributed by atoms with Gasteiger partial charge in [-0.2, -0.15) is 5.26 Å². The van der Waals surface area contributed by atoms with E-state index < -0.39 is 0 Å². The van der Waals surface area contributed by atoms with E-state index in [0.717, 1.165) is 10.9 Å². The van der Waals surface area contributed by atoms with Gasteiger partial charge >= 0.3 is 0 Å². The van der Waals surface area contributed by atoms with Gasteiger partial charge in [-0.25, -0.2) is 0 Å². The second-order valence-electron chi connectivity index (χ2n) is 3.35. The zero-order valence-electron chi connectivity index (χ0n) is 8.69. The molecule has 0 saturated heterocycles. The van der Waals surface area contributed by atoms with E-state index in [2.05, 4.69) is 16.4 Å². The summed E-state index contributed by atoms with van der Waals surface area (Å²) in [6, 6.07) is 9.07. The number of nitrogens with one attached hydrogen (secondary N) is 1. The Morgan fingerprint density at radius 3 is 2.94 bits per heavy atom. The minimum absolute atomic E-state index is 0.201. The number of aromatic nitrogens is 1. The molecule has 78 valence electrons. The second-order valence-corrected chi connectivity index (χ2v) is 3.35. The lowest BCUT2D eigenvalue weighted by molar-refractivity contribution is -0.114. The van der Waals surface area contributed by atoms with Crippen molar-refractivity contribution in [2.45, 2.75) is 6.92 Å². The Morgan fingerprint density at radius 1 is 1.44 bits per heavy atom. The highest BCUT2D eigenvalue weighted by atomic mass is 16.1. The van der Waals surface area contributed by atoms with E-state index in [4.69, 9.17) is 5.26 Å². The third kappa shape index (κ3) is 1.71. The van der Waals surface area contributed by atoms with Gasteiger partial charge in [-0.05, 0) is 24.3 Å². The first-order chi connectivity index (χ1) is 7.72. The first kappa shape index (κ1) is 10.1. The lowest BCUT2D eigenvalue weighted by atomic mass is 10.1. The lowest BCUT2D eigenvalue weighted by Crippen LogP contribution is -2.08. The van der Waals surface area contributed by atoms with Gasteiger partial charge in [-0.3, -0.25) is 9.78 Å². The number of benzene rings is 1. The number of amides is 1. The molecule has 2 rings (SSSR count). The summed E-state index contributed by atoms with van der Waals surface area (Å²) in [4.78, 5) is 15.2. The molecule has 0 saturated carbocycles. The molecule has 2 aromatic rings. The maximum Gasteiger partial charge on any atom is 0.221 e. The van der Waals surface area contributed by atoms with Crippen molar-refractivity contribution in [2.75, 3.05) is 5.32 Å². The standard InChI is InChI=1S/C12H9N3O/c1-8(16)15-12-9(7-13)4-5-11-10(12)3-2-6-14-11/h2-6H,1H3,(H,15,16). The molecule has 4 heteroatoms. The summed E-state index contributed by atoms with van der Waals surface area (Å²) in [5.41, 5.74) is 1.72. The van der Waals surface area contributed by atoms with Crippen LogP contribution in [0.4, 0.5) is 5.69 Å². The number of anilines is 1. The highest BCUT2D eigenvalue weighted by Crippen LogP contribution is 2.25. The smallest absolute Gasteiger partial charge is 0.221 e. The molecule has 0 aliphatic heterocycles. The van der Waals surface area contributed by atoms with Crippen LogP contribution < -0.4 is 5.32 Å². The molecule has 1 amide bonds. The zero-order valence-corrected chi connectivity index (χ0v) is 8.69. The minimum atomic E-state index is -0.201. The second kappa shape index (κ2) is 3.99. The molecule has 0 bridgehead atoms. The predicted octanol–water partition coefficient (Wildman–Crippen LogP) is 2.06. The first-order valence-electron chi connectivity index (χ1n) is 4.78. The number of hydrogen-bond donors (Lipinski definition) is 1. The van der Waals surface area contributed by atoms with Crippen molar-refractivity contribution in [1.82, 2.24) is 4.98 Å². The molecule has 16 heavy (non-hydrogen) atoms. The fraction of sp³-hybridized carbons (Fsp3) is 0.0833. The lowest BCUT2D eigenvalue weighted by Gasteiger charge is -2.08. The third-order valence-corrected chi connectivity index (χ3v) is 2.21. The SMILES string of the molecule is CC(=O)Nc1c(C#N)ccc2ncccc12. The van der Waals surface area contributed by atoms with E-state index in [9.17, 15) is 4.79 Å². The highest BCUT2D eigenvalue weighted by molar-refractivity contribution is 6.02. The van der Waals surface area contributed by atoms with Gasteiger partial charge in [-0.1, -0.05) is 0 Å². The van der Waals surface area contributed by atoms with Crippen LogP contribution in [-0.2, 0) is 4.79 Å². The molecular formula is C12H9N3O. The van der Waals surface area contributed by atoms with Crippen molar-refractivity contribution in [3.63, 3.8) is 0 Å². The van der Waals surface area contributed by atoms with Crippen molar-refractivity contribution in [1.29, 1.82) is 5.26 Å². The van der Waals surface area contributed by atoms with E-state index in [1.54, 1.807) is 24.4 Å². The molecular weight excluding hydrogens is 202 g/mol. The monoisotopic (exact) mass is 211 g/mol. The third-order valence-electron chi connectivity index (χ3n) is 2.21. The number of pyridine rings is 1. The Labute approximate surface area is 92.5 Å². The van der Waals surface area contributed by atoms with Gasteiger partial charge in [0.15, 0.2) is 0 Å². The number of fused-ring (bicyclic) bond motifs is 1. The van der Waals surface area contributed by atoms with Crippen molar-refractivity contribution in [2.24, 2.45) is 0 Å². The molecule has 0 unspecified atom stereocenters. The maximum absolute atomic E-state index is 11.1. The molecule has 1 heterocycles. The number of carbonyl (C=O) groups excluding carboxylic acids is 1. The van der Waals surface area contributed by atoms with Crippen LogP contribution >= 0.6 is 0 Å². The molecule has 0 atom stereocenters. The van der Waals surface area contributed by atoms with Gasteiger partial charge in [0.05, 0.1) is 16.8 Å². The summed E-state index contributed by atoms with van der Waals surface area (Å²) in [7, 11) is 0. The molecule has 4 nitrogen and oxygen atoms in total. The molecule has 0 spiro atoms. The summed E-state index contributed by atoms with van der Waals surface area (Å²) in [5, 5.41) is 12.4. The van der Waals surface area contributed by atoms with Crippen LogP contribution in [0.15, 0.2) is 30.5 Å². The topological polar surface area (TPSA) is 65.8 Å². The number of hydrogen-bond acceptors (Lipinski definition) is 3. The predicted molar refractivity (Wildman–Crippen MR) is 60.8 cm³/mol. The largest absolute Gasteiger partial charge is 0.325 e. The van der Waals surface area contributed by atoms with Crippen molar-refractivity contribution < 1.29 is 4.79 Å². The summed E-state index contributed by atoms with van der Waals surface area (Å²) in [5.74, 6) is -0.201. The van der Waals surface area contributed by atoms with E-state index in [1.807, 2.05) is 6.07 Å². The van der Waals surface area contributed by atoms with Crippen LogP contribution in [0.2, 0.25) is 0 Å². The number of rotatable bonds is 1. The van der Waals surface area contributed by atoms with Crippen LogP contribution in [-0.4, -0.2) is 10.9 Å². The van der Waals surface area contributed by atoms with Gasteiger partial charge < -0.3 is 5.32 Å². The highest BCUT2D eigenvalue weighted by Gasteiger charge is 2.08. The van der Waals surface area contributed by atoms with E-state index in [-0.39, 0.29) is 5.91 Å². The molecule has 1 N–H and O–H groups in total. The van der Waals surface area contributed by atoms with E-state index in [0.29, 0.717) is 11.3 Å². The molecule has 1 aromatic carbocycles. The maximum atomic E-state index is 11.1. The quantitative estimate of drug-likeness (QED) is 0.785. The summed E-state index contributed by atoms with van der Waals surface area (Å²) in [6.07, 6.45) is 1.67. The Kier molecular flexibility index (Phi) is 2.52. The summed E-state index contributed by atoms with van der Waals surface area (Å²) >= 11 is 0. The number of nitriles is 1. The van der Waals surface area contributed by atoms with Gasteiger partial charge in [0.25, 0.3) is 0 Å². The van der Waals surface area contributed by atoms with E-state index in [1.165, 1.54) is 6.92 Å². The molecule has 0 aliphatic carbocycles. The van der Waals surface area contributed by atoms with Crippen molar-refractivity contribution in [3.05, 3.63) is 36.0 Å². The Balaban J connectivity index is 2.74. The van der Waals surface area contributed by atoms with E-state index >= 15 is 0 Å². The zero-order chi connectivity index (χ0) is 11.5. The Bertz CT molecular complexity index is 599.